The summed E-state index contributed by atoms with van der Waals surface area (Å²) >= 11 is 0. The average Bonchev–Trinajstić information content (AvgIpc) is 2.25. The maximum atomic E-state index is 12.7. The van der Waals surface area contributed by atoms with Gasteiger partial charge in [0.05, 0.1) is 0 Å². The topological polar surface area (TPSA) is 38.3 Å². The number of hydrogen-bond acceptors (Lipinski definition) is 2. The smallest absolute Gasteiger partial charge is 0.443 e. The molecule has 1 amide bonds. The molecule has 19 heavy (non-hydrogen) atoms. The highest BCUT2D eigenvalue weighted by Crippen LogP contribution is 2.46. The normalized spacial score (nSPS) is 13.3. The fraction of sp³-hybridized carbons (Fsp3) is 0.889. The molecular weight excluding hydrogens is 287 g/mol. The molecule has 0 fully saturated rings. The highest BCUT2D eigenvalue weighted by Gasteiger charge is 2.73. The van der Waals surface area contributed by atoms with E-state index in [0.29, 0.717) is 12.8 Å². The van der Waals surface area contributed by atoms with Crippen molar-refractivity contribution in [2.45, 2.75) is 37.8 Å². The van der Waals surface area contributed by atoms with E-state index in [1.54, 1.807) is 6.92 Å². The molecule has 3 nitrogen and oxygen atoms in total. The first kappa shape index (κ1) is 17.8. The number of ether oxygens (including phenoxy) is 1. The fourth-order valence-electron chi connectivity index (χ4n) is 0.872. The van der Waals surface area contributed by atoms with Gasteiger partial charge in [0.1, 0.15) is 0 Å². The third-order valence-electron chi connectivity index (χ3n) is 2.00. The van der Waals surface area contributed by atoms with Gasteiger partial charge in [-0.1, -0.05) is 13.3 Å². The quantitative estimate of drug-likeness (QED) is 0.603. The number of carbonyl (C=O) groups excluding carboxylic acids is 1. The Morgan fingerprint density at radius 1 is 1.11 bits per heavy atom. The van der Waals surface area contributed by atoms with Crippen LogP contribution >= 0.6 is 0 Å². The van der Waals surface area contributed by atoms with Crippen LogP contribution in [0.25, 0.3) is 0 Å². The summed E-state index contributed by atoms with van der Waals surface area (Å²) in [6.45, 7) is -0.570. The number of nitrogens with one attached hydrogen (secondary N) is 1. The van der Waals surface area contributed by atoms with E-state index in [4.69, 9.17) is 0 Å². The van der Waals surface area contributed by atoms with Gasteiger partial charge in [-0.15, -0.1) is 0 Å². The molecule has 0 aromatic heterocycles. The lowest BCUT2D eigenvalue weighted by atomic mass is 10.2. The summed E-state index contributed by atoms with van der Waals surface area (Å²) in [6, 6.07) is 0. The summed E-state index contributed by atoms with van der Waals surface area (Å²) in [4.78, 5) is 10.7. The van der Waals surface area contributed by atoms with E-state index < -0.39 is 30.7 Å². The van der Waals surface area contributed by atoms with Crippen LogP contribution in [-0.2, 0) is 4.74 Å². The van der Waals surface area contributed by atoms with Gasteiger partial charge in [0, 0.05) is 6.54 Å². The van der Waals surface area contributed by atoms with Gasteiger partial charge < -0.3 is 10.1 Å². The predicted octanol–water partition coefficient (Wildman–Crippen LogP) is 3.35. The van der Waals surface area contributed by atoms with Gasteiger partial charge in [-0.3, -0.25) is 0 Å². The minimum Gasteiger partial charge on any atom is -0.443 e. The van der Waals surface area contributed by atoms with Crippen LogP contribution in [-0.4, -0.2) is 37.3 Å². The second kappa shape index (κ2) is 6.29. The molecule has 0 saturated heterocycles. The fourth-order valence-corrected chi connectivity index (χ4v) is 0.872. The summed E-state index contributed by atoms with van der Waals surface area (Å²) in [5.41, 5.74) is 0. The van der Waals surface area contributed by atoms with E-state index in [1.807, 2.05) is 5.32 Å². The van der Waals surface area contributed by atoms with Crippen molar-refractivity contribution >= 4 is 6.09 Å². The van der Waals surface area contributed by atoms with Gasteiger partial charge in [-0.25, -0.2) is 4.79 Å². The Morgan fingerprint density at radius 3 is 2.05 bits per heavy atom. The lowest BCUT2D eigenvalue weighted by Crippen LogP contribution is -2.54. The highest BCUT2D eigenvalue weighted by molar-refractivity contribution is 5.67. The van der Waals surface area contributed by atoms with Gasteiger partial charge in [-0.2, -0.15) is 30.7 Å². The molecule has 0 rings (SSSR count). The van der Waals surface area contributed by atoms with Crippen LogP contribution in [0.3, 0.4) is 0 Å². The van der Waals surface area contributed by atoms with Crippen LogP contribution in [0, 0.1) is 0 Å². The van der Waals surface area contributed by atoms with E-state index in [9.17, 15) is 35.5 Å². The molecule has 0 bridgehead atoms. The van der Waals surface area contributed by atoms with E-state index in [1.165, 1.54) is 0 Å². The van der Waals surface area contributed by atoms with Crippen molar-refractivity contribution in [1.82, 2.24) is 5.32 Å². The molecule has 0 aromatic rings. The first-order chi connectivity index (χ1) is 8.45. The number of alkyl carbamates (subject to hydrolysis) is 1. The number of hydrogen-bond donors (Lipinski definition) is 1. The van der Waals surface area contributed by atoms with E-state index >= 15 is 0 Å². The second-order valence-electron chi connectivity index (χ2n) is 3.63. The molecule has 0 saturated carbocycles. The molecule has 0 atom stereocenters. The largest absolute Gasteiger partial charge is 0.460 e. The molecule has 0 radical (unpaired) electrons. The molecule has 0 aromatic carbocycles. The maximum absolute atomic E-state index is 12.7. The number of alkyl halides is 7. The Bertz CT molecular complexity index is 303. The summed E-state index contributed by atoms with van der Waals surface area (Å²) in [6.07, 6.45) is -6.78. The first-order valence-electron chi connectivity index (χ1n) is 5.18. The molecule has 0 aliphatic heterocycles. The Labute approximate surface area is 104 Å². The zero-order chi connectivity index (χ0) is 15.3. The molecule has 0 aliphatic rings. The number of rotatable bonds is 6. The Morgan fingerprint density at radius 2 is 1.63 bits per heavy atom. The molecular formula is C9H12F7NO2. The molecule has 114 valence electrons. The first-order valence-corrected chi connectivity index (χ1v) is 5.18. The van der Waals surface area contributed by atoms with Crippen LogP contribution in [0.5, 0.6) is 0 Å². The summed E-state index contributed by atoms with van der Waals surface area (Å²) < 4.78 is 88.9. The number of unbranched alkanes of at least 4 members (excludes halogenated alkanes) is 1. The third-order valence-corrected chi connectivity index (χ3v) is 2.00. The van der Waals surface area contributed by atoms with Gasteiger partial charge in [0.2, 0.25) is 0 Å². The summed E-state index contributed by atoms with van der Waals surface area (Å²) in [7, 11) is 0. The van der Waals surface area contributed by atoms with E-state index in [2.05, 4.69) is 4.74 Å². The number of amides is 1. The van der Waals surface area contributed by atoms with E-state index in [-0.39, 0.29) is 6.54 Å². The molecule has 0 heterocycles. The lowest BCUT2D eigenvalue weighted by molar-refractivity contribution is -0.359. The second-order valence-corrected chi connectivity index (χ2v) is 3.63. The number of halogens is 7. The number of carbonyl (C=O) groups is 1. The predicted molar refractivity (Wildman–Crippen MR) is 50.2 cm³/mol. The van der Waals surface area contributed by atoms with Crippen LogP contribution in [0.4, 0.5) is 35.5 Å². The van der Waals surface area contributed by atoms with Crippen molar-refractivity contribution < 1.29 is 40.3 Å². The maximum Gasteiger partial charge on any atom is 0.460 e. The van der Waals surface area contributed by atoms with Gasteiger partial charge in [0.25, 0.3) is 0 Å². The van der Waals surface area contributed by atoms with Crippen molar-refractivity contribution in [3.63, 3.8) is 0 Å². The molecule has 10 heteroatoms. The van der Waals surface area contributed by atoms with Gasteiger partial charge in [0.15, 0.2) is 6.61 Å². The van der Waals surface area contributed by atoms with Crippen molar-refractivity contribution in [3.8, 4) is 0 Å². The Balaban J connectivity index is 4.42. The average molecular weight is 299 g/mol. The Hall–Kier alpha value is -1.22. The van der Waals surface area contributed by atoms with Crippen molar-refractivity contribution in [2.75, 3.05) is 13.2 Å². The van der Waals surface area contributed by atoms with Crippen LogP contribution < -0.4 is 5.32 Å². The van der Waals surface area contributed by atoms with E-state index in [0.717, 1.165) is 0 Å². The zero-order valence-corrected chi connectivity index (χ0v) is 9.79. The monoisotopic (exact) mass is 299 g/mol. The van der Waals surface area contributed by atoms with Crippen LogP contribution in [0.15, 0.2) is 0 Å². The Kier molecular flexibility index (Phi) is 5.88. The highest BCUT2D eigenvalue weighted by atomic mass is 19.4. The summed E-state index contributed by atoms with van der Waals surface area (Å²) in [5, 5.41) is 1.93. The third kappa shape index (κ3) is 4.75. The van der Waals surface area contributed by atoms with Gasteiger partial charge >= 0.3 is 24.1 Å². The van der Waals surface area contributed by atoms with Crippen LogP contribution in [0.1, 0.15) is 19.8 Å². The SMILES string of the molecule is CCCCNC(=O)OCC(F)(F)C(F)(F)C(F)(F)F. The molecule has 0 spiro atoms. The van der Waals surface area contributed by atoms with Crippen molar-refractivity contribution in [3.05, 3.63) is 0 Å². The van der Waals surface area contributed by atoms with Gasteiger partial charge in [-0.05, 0) is 6.42 Å². The molecule has 0 unspecified atom stereocenters. The summed E-state index contributed by atoms with van der Waals surface area (Å²) in [5.74, 6) is -11.8. The molecule has 0 aliphatic carbocycles. The minimum absolute atomic E-state index is 0.0383. The van der Waals surface area contributed by atoms with Crippen molar-refractivity contribution in [2.24, 2.45) is 0 Å². The lowest BCUT2D eigenvalue weighted by Gasteiger charge is -2.27. The zero-order valence-electron chi connectivity index (χ0n) is 9.79. The molecule has 1 N–H and O–H groups in total. The standard InChI is InChI=1S/C9H12F7NO2/c1-2-3-4-17-6(18)19-5-7(10,11)8(12,13)9(14,15)16/h2-5H2,1H3,(H,17,18). The minimum atomic E-state index is -6.43. The van der Waals surface area contributed by atoms with Crippen molar-refractivity contribution in [1.29, 1.82) is 0 Å². The van der Waals surface area contributed by atoms with Crippen LogP contribution in [0.2, 0.25) is 0 Å².